The van der Waals surface area contributed by atoms with Gasteiger partial charge in [-0.3, -0.25) is 9.59 Å². The molecule has 1 aromatic rings. The van der Waals surface area contributed by atoms with E-state index in [0.717, 1.165) is 0 Å². The summed E-state index contributed by atoms with van der Waals surface area (Å²) in [6.45, 7) is 39.7. The highest BCUT2D eigenvalue weighted by atomic mass is 16.4. The van der Waals surface area contributed by atoms with E-state index in [-0.39, 0.29) is 27.7 Å². The van der Waals surface area contributed by atoms with Crippen molar-refractivity contribution in [1.29, 1.82) is 0 Å². The van der Waals surface area contributed by atoms with Gasteiger partial charge in [-0.05, 0) is 22.3 Å². The fourth-order valence-electron chi connectivity index (χ4n) is 3.52. The predicted molar refractivity (Wildman–Crippen MR) is 165 cm³/mol. The van der Waals surface area contributed by atoms with Gasteiger partial charge in [0.15, 0.2) is 5.78 Å². The van der Waals surface area contributed by atoms with E-state index in [4.69, 9.17) is 5.11 Å². The number of hydrogen-bond acceptors (Lipinski definition) is 3. The molecule has 1 N–H and O–H groups in total. The van der Waals surface area contributed by atoms with Crippen LogP contribution in [0.4, 0.5) is 0 Å². The fourth-order valence-corrected chi connectivity index (χ4v) is 3.52. The van der Waals surface area contributed by atoms with Gasteiger partial charge in [-0.15, -0.1) is 0 Å². The van der Waals surface area contributed by atoms with Crippen LogP contribution in [0.3, 0.4) is 0 Å². The molecule has 0 radical (unpaired) electrons. The number of benzene rings is 1. The fraction of sp³-hybridized carbons (Fsp3) is 0.735. The maximum absolute atomic E-state index is 11.9. The number of carboxylic acid groups (broad SMARTS) is 1. The third-order valence-electron chi connectivity index (χ3n) is 7.20. The number of carbonyl (C=O) groups is 3. The van der Waals surface area contributed by atoms with Crippen LogP contribution >= 0.6 is 0 Å². The molecule has 0 atom stereocenters. The molecule has 4 nitrogen and oxygen atoms in total. The molecule has 0 heterocycles. The monoisotopic (exact) mass is 534 g/mol. The highest BCUT2D eigenvalue weighted by Crippen LogP contribution is 2.50. The van der Waals surface area contributed by atoms with E-state index in [0.29, 0.717) is 22.0 Å². The summed E-state index contributed by atoms with van der Waals surface area (Å²) in [6.07, 6.45) is 0. The summed E-state index contributed by atoms with van der Waals surface area (Å²) in [5.74, 6) is -0.899. The molecule has 0 aromatic heterocycles. The average Bonchev–Trinajstić information content (AvgIpc) is 2.71. The lowest BCUT2D eigenvalue weighted by molar-refractivity contribution is -0.134. The third kappa shape index (κ3) is 13.2. The van der Waals surface area contributed by atoms with Crippen LogP contribution in [0.1, 0.15) is 152 Å². The van der Waals surface area contributed by atoms with E-state index in [1.165, 1.54) is 6.07 Å². The Labute approximate surface area is 236 Å². The predicted octanol–water partition coefficient (Wildman–Crippen LogP) is 10.4. The molecule has 4 heteroatoms. The zero-order chi connectivity index (χ0) is 31.7. The lowest BCUT2D eigenvalue weighted by atomic mass is 9.56. The summed E-state index contributed by atoms with van der Waals surface area (Å²) in [6, 6.07) is 6.28. The van der Waals surface area contributed by atoms with Gasteiger partial charge < -0.3 is 5.11 Å². The molecule has 0 amide bonds. The Hall–Kier alpha value is -1.97. The number of hydrogen-bond donors (Lipinski definition) is 1. The number of carbonyl (C=O) groups excluding carboxylic acids is 2. The van der Waals surface area contributed by atoms with E-state index >= 15 is 0 Å². The van der Waals surface area contributed by atoms with Crippen molar-refractivity contribution in [2.24, 2.45) is 32.5 Å². The molecule has 0 fully saturated rings. The van der Waals surface area contributed by atoms with E-state index in [9.17, 15) is 14.4 Å². The van der Waals surface area contributed by atoms with Crippen LogP contribution in [0.25, 0.3) is 0 Å². The third-order valence-corrected chi connectivity index (χ3v) is 7.20. The van der Waals surface area contributed by atoms with Gasteiger partial charge in [0.2, 0.25) is 0 Å². The zero-order valence-corrected chi connectivity index (χ0v) is 28.5. The molecule has 0 saturated heterocycles. The minimum absolute atomic E-state index is 0.0671. The van der Waals surface area contributed by atoms with Crippen LogP contribution in [-0.2, 0) is 4.79 Å². The van der Waals surface area contributed by atoms with Crippen molar-refractivity contribution in [2.45, 2.75) is 132 Å². The van der Waals surface area contributed by atoms with Crippen molar-refractivity contribution in [3.8, 4) is 0 Å². The first-order valence-electron chi connectivity index (χ1n) is 13.9. The lowest BCUT2D eigenvalue weighted by Crippen LogP contribution is -2.41. The van der Waals surface area contributed by atoms with Crippen molar-refractivity contribution < 1.29 is 19.5 Å². The SMILES string of the molecule is CC.CC(C)(C)C(=O)C(C)(C)C.CC(C)(C)C(=O)c1ccccc1C(=O)O.CC(C)(C)C(C)(C)C(C)(C)C. The van der Waals surface area contributed by atoms with Crippen molar-refractivity contribution in [2.75, 3.05) is 0 Å². The molecule has 38 heavy (non-hydrogen) atoms. The molecule has 0 saturated carbocycles. The molecule has 0 spiro atoms. The summed E-state index contributed by atoms with van der Waals surface area (Å²) in [4.78, 5) is 34.3. The number of ketones is 2. The van der Waals surface area contributed by atoms with Crippen LogP contribution in [0.5, 0.6) is 0 Å². The Morgan fingerprint density at radius 1 is 0.526 bits per heavy atom. The van der Waals surface area contributed by atoms with E-state index in [2.05, 4.69) is 55.4 Å². The molecule has 0 unspecified atom stereocenters. The Morgan fingerprint density at radius 2 is 0.816 bits per heavy atom. The van der Waals surface area contributed by atoms with Crippen LogP contribution in [0.15, 0.2) is 24.3 Å². The normalized spacial score (nSPS) is 12.5. The van der Waals surface area contributed by atoms with Gasteiger partial charge in [0.1, 0.15) is 5.78 Å². The Bertz CT molecular complexity index is 853. The van der Waals surface area contributed by atoms with Crippen molar-refractivity contribution >= 4 is 17.5 Å². The van der Waals surface area contributed by atoms with Gasteiger partial charge in [-0.2, -0.15) is 0 Å². The smallest absolute Gasteiger partial charge is 0.336 e. The number of Topliss-reactive ketones (excluding diaryl/α,β-unsaturated/α-hetero) is 2. The highest BCUT2D eigenvalue weighted by molar-refractivity contribution is 6.07. The average molecular weight is 535 g/mol. The first-order chi connectivity index (χ1) is 16.5. The minimum Gasteiger partial charge on any atom is -0.478 e. The van der Waals surface area contributed by atoms with Crippen LogP contribution < -0.4 is 0 Å². The van der Waals surface area contributed by atoms with Gasteiger partial charge in [0.05, 0.1) is 5.56 Å². The first kappa shape index (κ1) is 40.5. The van der Waals surface area contributed by atoms with E-state index in [1.54, 1.807) is 39.0 Å². The van der Waals surface area contributed by atoms with Crippen LogP contribution in [0, 0.1) is 32.5 Å². The summed E-state index contributed by atoms with van der Waals surface area (Å²) < 4.78 is 0. The first-order valence-corrected chi connectivity index (χ1v) is 13.9. The van der Waals surface area contributed by atoms with E-state index < -0.39 is 11.4 Å². The second-order valence-corrected chi connectivity index (χ2v) is 15.4. The number of rotatable bonds is 2. The van der Waals surface area contributed by atoms with Gasteiger partial charge in [-0.1, -0.05) is 150 Å². The quantitative estimate of drug-likeness (QED) is 0.383. The Kier molecular flexibility index (Phi) is 15.4. The molecular weight excluding hydrogens is 472 g/mol. The lowest BCUT2D eigenvalue weighted by Gasteiger charge is -2.49. The Morgan fingerprint density at radius 3 is 0.974 bits per heavy atom. The molecule has 222 valence electrons. The summed E-state index contributed by atoms with van der Waals surface area (Å²) in [5.41, 5.74) is 0.522. The summed E-state index contributed by atoms with van der Waals surface area (Å²) in [7, 11) is 0. The largest absolute Gasteiger partial charge is 0.478 e. The summed E-state index contributed by atoms with van der Waals surface area (Å²) >= 11 is 0. The van der Waals surface area contributed by atoms with Crippen LogP contribution in [0.2, 0.25) is 0 Å². The van der Waals surface area contributed by atoms with Crippen molar-refractivity contribution in [1.82, 2.24) is 0 Å². The second-order valence-electron chi connectivity index (χ2n) is 15.4. The maximum atomic E-state index is 11.9. The maximum Gasteiger partial charge on any atom is 0.336 e. The molecule has 0 aliphatic carbocycles. The topological polar surface area (TPSA) is 71.4 Å². The molecule has 1 rings (SSSR count). The van der Waals surface area contributed by atoms with Crippen molar-refractivity contribution in [3.05, 3.63) is 35.4 Å². The molecule has 0 bridgehead atoms. The molecular formula is C34H62O4. The van der Waals surface area contributed by atoms with Gasteiger partial charge >= 0.3 is 5.97 Å². The van der Waals surface area contributed by atoms with Crippen molar-refractivity contribution in [3.63, 3.8) is 0 Å². The zero-order valence-electron chi connectivity index (χ0n) is 28.5. The number of carboxylic acids is 1. The standard InChI is InChI=1S/C12H14O3.C11H24.C9H18O.C2H6/c1-12(2,3)10(13)8-6-4-5-7-9(8)11(14)15;1-9(2,3)11(7,8)10(4,5)6;1-8(2,3)7(10)9(4,5)6;1-2/h4-7H,1-3H3,(H,14,15);1-8H3;1-6H3;1-2H3. The Balaban J connectivity index is -0.000000480. The molecule has 0 aliphatic rings. The van der Waals surface area contributed by atoms with Gasteiger partial charge in [0, 0.05) is 21.8 Å². The van der Waals surface area contributed by atoms with Crippen LogP contribution in [-0.4, -0.2) is 22.6 Å². The molecule has 0 aliphatic heterocycles. The number of aromatic carboxylic acids is 1. The minimum atomic E-state index is -1.07. The highest BCUT2D eigenvalue weighted by Gasteiger charge is 2.42. The van der Waals surface area contributed by atoms with Gasteiger partial charge in [-0.25, -0.2) is 4.79 Å². The summed E-state index contributed by atoms with van der Waals surface area (Å²) in [5, 5.41) is 8.93. The molecule has 1 aromatic carbocycles. The second kappa shape index (κ2) is 14.4. The van der Waals surface area contributed by atoms with Gasteiger partial charge in [0.25, 0.3) is 0 Å². The van der Waals surface area contributed by atoms with E-state index in [1.807, 2.05) is 55.4 Å².